The van der Waals surface area contributed by atoms with Gasteiger partial charge < -0.3 is 19.9 Å². The van der Waals surface area contributed by atoms with E-state index < -0.39 is 0 Å². The Kier molecular flexibility index (Phi) is 14.2. The summed E-state index contributed by atoms with van der Waals surface area (Å²) in [6, 6.07) is 0. The lowest BCUT2D eigenvalue weighted by Crippen LogP contribution is -2.31. The molecule has 0 saturated heterocycles. The average molecular weight is 277 g/mol. The van der Waals surface area contributed by atoms with Gasteiger partial charge in [-0.25, -0.2) is 4.79 Å². The van der Waals surface area contributed by atoms with Crippen LogP contribution in [0.5, 0.6) is 0 Å². The first-order valence-electron chi connectivity index (χ1n) is 6.05. The molecule has 0 aliphatic carbocycles. The first-order valence-corrected chi connectivity index (χ1v) is 6.05. The van der Waals surface area contributed by atoms with Crippen LogP contribution in [0.25, 0.3) is 0 Å². The molecule has 0 fully saturated rings. The van der Waals surface area contributed by atoms with Crippen molar-refractivity contribution in [3.05, 3.63) is 0 Å². The fourth-order valence-corrected chi connectivity index (χ4v) is 0.353. The van der Waals surface area contributed by atoms with Gasteiger partial charge in [-0.2, -0.15) is 0 Å². The zero-order chi connectivity index (χ0) is 16.2. The molecular weight excluding hydrogens is 246 g/mol. The highest BCUT2D eigenvalue weighted by molar-refractivity contribution is 5.72. The zero-order valence-electron chi connectivity index (χ0n) is 14.1. The highest BCUT2D eigenvalue weighted by Gasteiger charge is 2.16. The van der Waals surface area contributed by atoms with Gasteiger partial charge in [-0.15, -0.1) is 0 Å². The fraction of sp³-hybridized carbons (Fsp3) is 0.846. The third kappa shape index (κ3) is 26.4. The van der Waals surface area contributed by atoms with Crippen LogP contribution in [-0.4, -0.2) is 69.7 Å². The maximum Gasteiger partial charge on any atom is 0.409 e. The Morgan fingerprint density at radius 2 is 1.21 bits per heavy atom. The van der Waals surface area contributed by atoms with Crippen LogP contribution in [0.15, 0.2) is 0 Å². The van der Waals surface area contributed by atoms with Crippen molar-refractivity contribution in [2.45, 2.75) is 33.3 Å². The minimum Gasteiger partial charge on any atom is -0.444 e. The quantitative estimate of drug-likeness (QED) is 0.727. The van der Waals surface area contributed by atoms with Gasteiger partial charge in [0.1, 0.15) is 5.60 Å². The number of carbonyl (C=O) groups is 2. The molecule has 1 N–H and O–H groups in total. The fourth-order valence-electron chi connectivity index (χ4n) is 0.353. The largest absolute Gasteiger partial charge is 0.444 e. The Bertz CT molecular complexity index is 246. The van der Waals surface area contributed by atoms with Crippen molar-refractivity contribution in [1.82, 2.24) is 15.1 Å². The van der Waals surface area contributed by atoms with Crippen molar-refractivity contribution in [3.8, 4) is 0 Å². The molecule has 0 spiro atoms. The standard InChI is InChI=1S/C7H15NO2.C4H9NO.C2H7N/c1-7(2,3)10-6(9)8(4)5;1-4(6)5(2)3;1-3-2/h1-5H3;1-3H3;3H,1-2H3. The van der Waals surface area contributed by atoms with E-state index in [0.717, 1.165) is 0 Å². The Balaban J connectivity index is -0.000000242. The van der Waals surface area contributed by atoms with E-state index in [9.17, 15) is 9.59 Å². The van der Waals surface area contributed by atoms with Crippen LogP contribution in [0, 0.1) is 0 Å². The van der Waals surface area contributed by atoms with Crippen molar-refractivity contribution in [2.75, 3.05) is 42.3 Å². The first-order chi connectivity index (χ1) is 8.38. The van der Waals surface area contributed by atoms with Crippen LogP contribution in [-0.2, 0) is 9.53 Å². The van der Waals surface area contributed by atoms with Gasteiger partial charge in [-0.05, 0) is 34.9 Å². The molecule has 116 valence electrons. The Morgan fingerprint density at radius 3 is 1.26 bits per heavy atom. The van der Waals surface area contributed by atoms with Crippen LogP contribution < -0.4 is 5.32 Å². The van der Waals surface area contributed by atoms with Gasteiger partial charge in [-0.3, -0.25) is 4.79 Å². The van der Waals surface area contributed by atoms with Crippen molar-refractivity contribution < 1.29 is 14.3 Å². The maximum atomic E-state index is 10.9. The average Bonchev–Trinajstić information content (AvgIpc) is 2.16. The first kappa shape index (κ1) is 22.8. The minimum absolute atomic E-state index is 0.0926. The highest BCUT2D eigenvalue weighted by Crippen LogP contribution is 2.07. The van der Waals surface area contributed by atoms with Crippen LogP contribution >= 0.6 is 0 Å². The number of hydrogen-bond donors (Lipinski definition) is 1. The number of nitrogens with zero attached hydrogens (tertiary/aromatic N) is 2. The van der Waals surface area contributed by atoms with Crippen molar-refractivity contribution in [2.24, 2.45) is 0 Å². The molecule has 0 atom stereocenters. The zero-order valence-corrected chi connectivity index (χ0v) is 14.1. The number of nitrogens with one attached hydrogen (secondary N) is 1. The van der Waals surface area contributed by atoms with E-state index in [1.165, 1.54) is 16.7 Å². The summed E-state index contributed by atoms with van der Waals surface area (Å²) < 4.78 is 4.99. The topological polar surface area (TPSA) is 61.9 Å². The summed E-state index contributed by atoms with van der Waals surface area (Å²) >= 11 is 0. The lowest BCUT2D eigenvalue weighted by atomic mass is 10.2. The van der Waals surface area contributed by atoms with Gasteiger partial charge in [0.15, 0.2) is 0 Å². The summed E-state index contributed by atoms with van der Waals surface area (Å²) in [5, 5.41) is 2.75. The molecule has 0 bridgehead atoms. The summed E-state index contributed by atoms with van der Waals surface area (Å²) in [5.41, 5.74) is -0.388. The molecule has 0 unspecified atom stereocenters. The van der Waals surface area contributed by atoms with Crippen molar-refractivity contribution in [3.63, 3.8) is 0 Å². The number of carbonyl (C=O) groups excluding carboxylic acids is 2. The van der Waals surface area contributed by atoms with Gasteiger partial charge in [0, 0.05) is 35.1 Å². The SMILES string of the molecule is CC(=O)N(C)C.CN(C)C(=O)OC(C)(C)C.CNC. The molecule has 0 aliphatic rings. The van der Waals surface area contributed by atoms with E-state index in [4.69, 9.17) is 4.74 Å². The summed E-state index contributed by atoms with van der Waals surface area (Å²) in [6.45, 7) is 7.05. The predicted octanol–water partition coefficient (Wildman–Crippen LogP) is 1.41. The van der Waals surface area contributed by atoms with Crippen LogP contribution in [0.2, 0.25) is 0 Å². The molecule has 2 amide bonds. The van der Waals surface area contributed by atoms with Gasteiger partial charge in [0.25, 0.3) is 0 Å². The molecule has 0 rings (SSSR count). The summed E-state index contributed by atoms with van der Waals surface area (Å²) in [4.78, 5) is 23.9. The van der Waals surface area contributed by atoms with E-state index in [0.29, 0.717) is 0 Å². The van der Waals surface area contributed by atoms with Gasteiger partial charge in [-0.1, -0.05) is 0 Å². The highest BCUT2D eigenvalue weighted by atomic mass is 16.6. The molecule has 6 nitrogen and oxygen atoms in total. The van der Waals surface area contributed by atoms with Crippen LogP contribution in [0.3, 0.4) is 0 Å². The van der Waals surface area contributed by atoms with E-state index in [-0.39, 0.29) is 17.6 Å². The molecular formula is C13H31N3O3. The Morgan fingerprint density at radius 1 is 0.947 bits per heavy atom. The Labute approximate surface area is 118 Å². The molecule has 19 heavy (non-hydrogen) atoms. The predicted molar refractivity (Wildman–Crippen MR) is 79.3 cm³/mol. The summed E-state index contributed by atoms with van der Waals surface area (Å²) in [7, 11) is 10.5. The second kappa shape index (κ2) is 11.8. The third-order valence-electron chi connectivity index (χ3n) is 1.39. The number of hydrogen-bond acceptors (Lipinski definition) is 4. The van der Waals surface area contributed by atoms with E-state index >= 15 is 0 Å². The minimum atomic E-state index is -0.388. The lowest BCUT2D eigenvalue weighted by molar-refractivity contribution is -0.126. The summed E-state index contributed by atoms with van der Waals surface area (Å²) in [5.74, 6) is 0.0926. The van der Waals surface area contributed by atoms with Crippen molar-refractivity contribution in [1.29, 1.82) is 0 Å². The lowest BCUT2D eigenvalue weighted by Gasteiger charge is -2.22. The molecule has 0 aromatic rings. The van der Waals surface area contributed by atoms with Gasteiger partial charge in [0.05, 0.1) is 0 Å². The Hall–Kier alpha value is -1.30. The molecule has 0 saturated carbocycles. The molecule has 0 aliphatic heterocycles. The maximum absolute atomic E-state index is 10.9. The molecule has 0 heterocycles. The third-order valence-corrected chi connectivity index (χ3v) is 1.39. The summed E-state index contributed by atoms with van der Waals surface area (Å²) in [6.07, 6.45) is -0.299. The number of rotatable bonds is 0. The molecule has 0 aromatic carbocycles. The monoisotopic (exact) mass is 277 g/mol. The van der Waals surface area contributed by atoms with Crippen molar-refractivity contribution >= 4 is 12.0 Å². The second-order valence-electron chi connectivity index (χ2n) is 5.29. The normalized spacial score (nSPS) is 9.16. The smallest absolute Gasteiger partial charge is 0.409 e. The molecule has 6 heteroatoms. The van der Waals surface area contributed by atoms with Crippen LogP contribution in [0.4, 0.5) is 4.79 Å². The molecule has 0 radical (unpaired) electrons. The van der Waals surface area contributed by atoms with E-state index in [1.54, 1.807) is 28.2 Å². The number of ether oxygens (including phenoxy) is 1. The second-order valence-corrected chi connectivity index (χ2v) is 5.29. The van der Waals surface area contributed by atoms with Crippen LogP contribution in [0.1, 0.15) is 27.7 Å². The van der Waals surface area contributed by atoms with Gasteiger partial charge >= 0.3 is 6.09 Å². The van der Waals surface area contributed by atoms with Gasteiger partial charge in [0.2, 0.25) is 5.91 Å². The molecule has 0 aromatic heterocycles. The van der Waals surface area contributed by atoms with E-state index in [1.807, 2.05) is 34.9 Å². The number of amides is 2. The van der Waals surface area contributed by atoms with E-state index in [2.05, 4.69) is 5.32 Å².